The number of ether oxygens (including phenoxy) is 1. The Kier molecular flexibility index (Phi) is 5.50. The predicted octanol–water partition coefficient (Wildman–Crippen LogP) is 5.31. The zero-order valence-corrected chi connectivity index (χ0v) is 15.1. The average molecular weight is 355 g/mol. The van der Waals surface area contributed by atoms with Crippen LogP contribution < -0.4 is 10.0 Å². The summed E-state index contributed by atoms with van der Waals surface area (Å²) in [5, 5.41) is 1.69. The van der Waals surface area contributed by atoms with Crippen molar-refractivity contribution < 1.29 is 9.53 Å². The molecule has 0 spiro atoms. The molecule has 0 aliphatic carbocycles. The molecule has 0 radical (unpaired) electrons. The summed E-state index contributed by atoms with van der Waals surface area (Å²) < 4.78 is 5.76. The van der Waals surface area contributed by atoms with Gasteiger partial charge >= 0.3 is 0 Å². The van der Waals surface area contributed by atoms with Gasteiger partial charge in [0, 0.05) is 0 Å². The van der Waals surface area contributed by atoms with E-state index in [4.69, 9.17) is 27.9 Å². The van der Waals surface area contributed by atoms with Gasteiger partial charge in [0.05, 0.1) is 15.6 Å². The fraction of sp³-hybridized carbons (Fsp3) is 0.235. The predicted molar refractivity (Wildman–Crippen MR) is 95.6 cm³/mol. The molecular weight excluding hydrogens is 338 g/mol. The molecule has 2 rings (SSSR count). The molecule has 0 fully saturated rings. The van der Waals surface area contributed by atoms with E-state index in [0.29, 0.717) is 15.6 Å². The van der Waals surface area contributed by atoms with Crippen LogP contribution in [-0.4, -0.2) is 11.1 Å². The van der Waals surface area contributed by atoms with Gasteiger partial charge in [-0.15, -0.1) is 0 Å². The molecule has 0 N–H and O–H groups in total. The minimum absolute atomic E-state index is 0.0304. The summed E-state index contributed by atoms with van der Waals surface area (Å²) >= 11 is 12.1. The van der Waals surface area contributed by atoms with Crippen LogP contribution in [0.1, 0.15) is 31.1 Å². The van der Waals surface area contributed by atoms with Crippen molar-refractivity contribution in [3.8, 4) is 5.75 Å². The lowest BCUT2D eigenvalue weighted by Crippen LogP contribution is -2.23. The van der Waals surface area contributed by atoms with Gasteiger partial charge < -0.3 is 4.74 Å². The lowest BCUT2D eigenvalue weighted by atomic mass is 10.2. The van der Waals surface area contributed by atoms with Crippen LogP contribution in [-0.2, 0) is 0 Å². The van der Waals surface area contributed by atoms with E-state index in [2.05, 4.69) is 0 Å². The number of carbonyl (C=O) groups excluding carboxylic acids is 1. The number of carbonyl (C=O) groups is 1. The fourth-order valence-electron chi connectivity index (χ4n) is 1.87. The SMILES string of the molecule is CC(C)(C)Oc1ccc(PC(=O)c2c(Cl)cccc2Cl)cc1. The Morgan fingerprint density at radius 3 is 2.05 bits per heavy atom. The van der Waals surface area contributed by atoms with Gasteiger partial charge in [0.15, 0.2) is 5.52 Å². The maximum absolute atomic E-state index is 12.4. The molecule has 5 heteroatoms. The molecule has 2 nitrogen and oxygen atoms in total. The van der Waals surface area contributed by atoms with Gasteiger partial charge in [-0.2, -0.15) is 0 Å². The van der Waals surface area contributed by atoms with Crippen molar-refractivity contribution in [3.63, 3.8) is 0 Å². The third-order valence-corrected chi connectivity index (χ3v) is 4.46. The van der Waals surface area contributed by atoms with Crippen LogP contribution in [0, 0.1) is 0 Å². The van der Waals surface area contributed by atoms with Crippen LogP contribution in [0.4, 0.5) is 0 Å². The van der Waals surface area contributed by atoms with E-state index in [1.165, 1.54) is 0 Å². The lowest BCUT2D eigenvalue weighted by Gasteiger charge is -2.21. The maximum Gasteiger partial charge on any atom is 0.188 e. The first kappa shape index (κ1) is 17.3. The van der Waals surface area contributed by atoms with E-state index < -0.39 is 0 Å². The van der Waals surface area contributed by atoms with Crippen LogP contribution in [0.3, 0.4) is 0 Å². The topological polar surface area (TPSA) is 26.3 Å². The van der Waals surface area contributed by atoms with Crippen LogP contribution in [0.5, 0.6) is 5.75 Å². The summed E-state index contributed by atoms with van der Waals surface area (Å²) in [7, 11) is -0.0304. The van der Waals surface area contributed by atoms with Crippen molar-refractivity contribution in [2.75, 3.05) is 0 Å². The minimum Gasteiger partial charge on any atom is -0.488 e. The van der Waals surface area contributed by atoms with E-state index in [1.54, 1.807) is 18.2 Å². The second-order valence-corrected chi connectivity index (χ2v) is 7.89. The zero-order chi connectivity index (χ0) is 16.3. The van der Waals surface area contributed by atoms with Crippen LogP contribution >= 0.6 is 31.8 Å². The van der Waals surface area contributed by atoms with E-state index in [1.807, 2.05) is 45.0 Å². The second-order valence-electron chi connectivity index (χ2n) is 5.79. The molecule has 0 saturated carbocycles. The number of hydrogen-bond acceptors (Lipinski definition) is 2. The summed E-state index contributed by atoms with van der Waals surface area (Å²) in [5.41, 5.74) is 0.0734. The molecule has 116 valence electrons. The number of rotatable bonds is 4. The van der Waals surface area contributed by atoms with Gasteiger partial charge in [-0.25, -0.2) is 0 Å². The van der Waals surface area contributed by atoms with E-state index >= 15 is 0 Å². The Morgan fingerprint density at radius 1 is 1.00 bits per heavy atom. The summed E-state index contributed by atoms with van der Waals surface area (Å²) in [6.45, 7) is 5.97. The van der Waals surface area contributed by atoms with Crippen molar-refractivity contribution in [1.29, 1.82) is 0 Å². The van der Waals surface area contributed by atoms with E-state index in [-0.39, 0.29) is 19.7 Å². The molecule has 0 bridgehead atoms. The van der Waals surface area contributed by atoms with E-state index in [9.17, 15) is 4.79 Å². The summed E-state index contributed by atoms with van der Waals surface area (Å²) in [4.78, 5) is 12.4. The van der Waals surface area contributed by atoms with Gasteiger partial charge in [0.25, 0.3) is 0 Å². The molecule has 2 aromatic carbocycles. The molecule has 0 heterocycles. The molecule has 1 unspecified atom stereocenters. The lowest BCUT2D eigenvalue weighted by molar-refractivity contribution is 0.108. The first-order valence-corrected chi connectivity index (χ1v) is 8.56. The Morgan fingerprint density at radius 2 is 1.55 bits per heavy atom. The molecule has 1 atom stereocenters. The molecule has 2 aromatic rings. The maximum atomic E-state index is 12.4. The summed E-state index contributed by atoms with van der Waals surface area (Å²) in [6.07, 6.45) is 0. The summed E-state index contributed by atoms with van der Waals surface area (Å²) in [6, 6.07) is 12.6. The molecule has 0 aliphatic rings. The largest absolute Gasteiger partial charge is 0.488 e. The number of halogens is 2. The normalized spacial score (nSPS) is 11.9. The van der Waals surface area contributed by atoms with Gasteiger partial charge in [-0.05, 0) is 58.9 Å². The molecule has 0 aliphatic heterocycles. The highest BCUT2D eigenvalue weighted by molar-refractivity contribution is 7.66. The first-order valence-electron chi connectivity index (χ1n) is 6.81. The average Bonchev–Trinajstić information content (AvgIpc) is 2.39. The standard InChI is InChI=1S/C17H17Cl2O2P/c1-17(2,3)21-11-7-9-12(10-8-11)22-16(20)15-13(18)5-4-6-14(15)19/h4-10,22H,1-3H3. The Hall–Kier alpha value is -1.08. The Balaban J connectivity index is 2.12. The Bertz CT molecular complexity index is 656. The Labute approximate surface area is 142 Å². The molecule has 22 heavy (non-hydrogen) atoms. The molecule has 0 aromatic heterocycles. The summed E-state index contributed by atoms with van der Waals surface area (Å²) in [5.74, 6) is 0.782. The highest BCUT2D eigenvalue weighted by atomic mass is 35.5. The smallest absolute Gasteiger partial charge is 0.188 e. The van der Waals surface area contributed by atoms with Crippen molar-refractivity contribution in [3.05, 3.63) is 58.1 Å². The van der Waals surface area contributed by atoms with Gasteiger partial charge in [-0.1, -0.05) is 41.4 Å². The fourth-order valence-corrected chi connectivity index (χ4v) is 3.59. The third-order valence-electron chi connectivity index (χ3n) is 2.73. The number of benzene rings is 2. The van der Waals surface area contributed by atoms with Gasteiger partial charge in [0.2, 0.25) is 0 Å². The van der Waals surface area contributed by atoms with E-state index in [0.717, 1.165) is 11.1 Å². The van der Waals surface area contributed by atoms with Gasteiger partial charge in [0.1, 0.15) is 11.4 Å². The molecule has 0 amide bonds. The number of hydrogen-bond donors (Lipinski definition) is 0. The minimum atomic E-state index is -0.245. The monoisotopic (exact) mass is 354 g/mol. The first-order chi connectivity index (χ1) is 10.3. The highest BCUT2D eigenvalue weighted by Gasteiger charge is 2.16. The second kappa shape index (κ2) is 7.00. The van der Waals surface area contributed by atoms with Crippen molar-refractivity contribution >= 4 is 42.6 Å². The van der Waals surface area contributed by atoms with Crippen LogP contribution in [0.2, 0.25) is 10.0 Å². The highest BCUT2D eigenvalue weighted by Crippen LogP contribution is 2.30. The molecular formula is C17H17Cl2O2P. The van der Waals surface area contributed by atoms with Crippen LogP contribution in [0.15, 0.2) is 42.5 Å². The quantitative estimate of drug-likeness (QED) is 0.695. The van der Waals surface area contributed by atoms with Crippen molar-refractivity contribution in [2.45, 2.75) is 26.4 Å². The molecule has 0 saturated heterocycles. The third kappa shape index (κ3) is 4.71. The van der Waals surface area contributed by atoms with Gasteiger partial charge in [-0.3, -0.25) is 4.79 Å². The van der Waals surface area contributed by atoms with Crippen molar-refractivity contribution in [1.82, 2.24) is 0 Å². The zero-order valence-electron chi connectivity index (χ0n) is 12.6. The van der Waals surface area contributed by atoms with Crippen molar-refractivity contribution in [2.24, 2.45) is 0 Å². The van der Waals surface area contributed by atoms with Crippen LogP contribution in [0.25, 0.3) is 0 Å².